The third-order valence-electron chi connectivity index (χ3n) is 5.30. The van der Waals surface area contributed by atoms with Crippen LogP contribution in [0.25, 0.3) is 0 Å². The number of nitro groups is 1. The number of nitrogens with zero attached hydrogens (tertiary/aromatic N) is 2. The molecule has 3 aromatic rings. The average molecular weight is 452 g/mol. The number of amides is 1. The number of benzene rings is 2. The summed E-state index contributed by atoms with van der Waals surface area (Å²) >= 11 is 1.24. The summed E-state index contributed by atoms with van der Waals surface area (Å²) in [6.45, 7) is 0.395. The van der Waals surface area contributed by atoms with Crippen molar-refractivity contribution in [3.05, 3.63) is 91.7 Å². The highest BCUT2D eigenvalue weighted by Gasteiger charge is 2.36. The van der Waals surface area contributed by atoms with Gasteiger partial charge in [-0.1, -0.05) is 36.4 Å². The first-order valence-electron chi connectivity index (χ1n) is 9.87. The summed E-state index contributed by atoms with van der Waals surface area (Å²) in [4.78, 5) is 38.3. The molecule has 1 aliphatic rings. The van der Waals surface area contributed by atoms with Gasteiger partial charge in [-0.05, 0) is 28.6 Å². The second-order valence-corrected chi connectivity index (χ2v) is 8.19. The first-order chi connectivity index (χ1) is 15.5. The number of hydrogen-bond acceptors (Lipinski definition) is 7. The zero-order chi connectivity index (χ0) is 22.7. The molecule has 0 saturated heterocycles. The molecule has 2 aromatic carbocycles. The van der Waals surface area contributed by atoms with Gasteiger partial charge in [-0.2, -0.15) is 0 Å². The van der Waals surface area contributed by atoms with E-state index in [-0.39, 0.29) is 24.0 Å². The molecule has 4 rings (SSSR count). The minimum absolute atomic E-state index is 0.0812. The van der Waals surface area contributed by atoms with Gasteiger partial charge in [0, 0.05) is 24.6 Å². The summed E-state index contributed by atoms with van der Waals surface area (Å²) in [7, 11) is 1.31. The van der Waals surface area contributed by atoms with Gasteiger partial charge in [0.2, 0.25) is 0 Å². The summed E-state index contributed by atoms with van der Waals surface area (Å²) in [5, 5.41) is 12.9. The highest BCUT2D eigenvalue weighted by molar-refractivity contribution is 7.12. The lowest BCUT2D eigenvalue weighted by atomic mass is 9.93. The number of esters is 1. The van der Waals surface area contributed by atoms with E-state index >= 15 is 0 Å². The Balaban J connectivity index is 1.51. The van der Waals surface area contributed by atoms with Crippen molar-refractivity contribution < 1.29 is 24.0 Å². The zero-order valence-corrected chi connectivity index (χ0v) is 18.0. The molecule has 0 radical (unpaired) electrons. The van der Waals surface area contributed by atoms with Crippen molar-refractivity contribution in [3.63, 3.8) is 0 Å². The fourth-order valence-electron chi connectivity index (χ4n) is 3.68. The van der Waals surface area contributed by atoms with Crippen molar-refractivity contribution >= 4 is 28.9 Å². The van der Waals surface area contributed by atoms with Gasteiger partial charge in [0.25, 0.3) is 5.91 Å². The van der Waals surface area contributed by atoms with E-state index in [1.54, 1.807) is 23.6 Å². The lowest BCUT2D eigenvalue weighted by molar-refractivity contribution is -0.385. The van der Waals surface area contributed by atoms with E-state index < -0.39 is 16.9 Å². The maximum Gasteiger partial charge on any atom is 0.328 e. The summed E-state index contributed by atoms with van der Waals surface area (Å²) in [5.41, 5.74) is 2.62. The Kier molecular flexibility index (Phi) is 6.18. The van der Waals surface area contributed by atoms with E-state index in [0.717, 1.165) is 11.1 Å². The first kappa shape index (κ1) is 21.5. The highest BCUT2D eigenvalue weighted by Crippen LogP contribution is 2.29. The Labute approximate surface area is 188 Å². The number of carbonyl (C=O) groups excluding carboxylic acids is 2. The summed E-state index contributed by atoms with van der Waals surface area (Å²) in [6, 6.07) is 14.8. The Hall–Kier alpha value is -3.72. The molecule has 8 nitrogen and oxygen atoms in total. The monoisotopic (exact) mass is 452 g/mol. The van der Waals surface area contributed by atoms with E-state index in [0.29, 0.717) is 23.4 Å². The van der Waals surface area contributed by atoms with Crippen molar-refractivity contribution in [2.24, 2.45) is 0 Å². The largest absolute Gasteiger partial charge is 0.482 e. The van der Waals surface area contributed by atoms with Crippen molar-refractivity contribution in [2.45, 2.75) is 25.6 Å². The topological polar surface area (TPSA) is 99.0 Å². The third kappa shape index (κ3) is 4.33. The molecule has 1 amide bonds. The van der Waals surface area contributed by atoms with Crippen LogP contribution in [-0.4, -0.2) is 34.9 Å². The molecule has 32 heavy (non-hydrogen) atoms. The molecule has 164 valence electrons. The van der Waals surface area contributed by atoms with Crippen molar-refractivity contribution in [1.29, 1.82) is 0 Å². The maximum atomic E-state index is 13.3. The Bertz CT molecular complexity index is 1170. The molecule has 0 bridgehead atoms. The van der Waals surface area contributed by atoms with Crippen LogP contribution < -0.4 is 4.74 Å². The third-order valence-corrected chi connectivity index (χ3v) is 6.27. The molecule has 0 saturated carbocycles. The minimum atomic E-state index is -0.698. The molecule has 0 fully saturated rings. The van der Waals surface area contributed by atoms with Crippen LogP contribution in [0.5, 0.6) is 5.75 Å². The molecule has 9 heteroatoms. The number of thiophene rings is 1. The number of fused-ring (bicyclic) bond motifs is 1. The van der Waals surface area contributed by atoms with Crippen LogP contribution in [0.2, 0.25) is 0 Å². The molecule has 1 aromatic heterocycles. The van der Waals surface area contributed by atoms with E-state index in [1.807, 2.05) is 24.3 Å². The predicted octanol–water partition coefficient (Wildman–Crippen LogP) is 3.98. The fourth-order valence-corrected chi connectivity index (χ4v) is 4.53. The molecule has 2 heterocycles. The minimum Gasteiger partial charge on any atom is -0.482 e. The Morgan fingerprint density at radius 1 is 1.16 bits per heavy atom. The number of rotatable bonds is 6. The smallest absolute Gasteiger partial charge is 0.328 e. The number of ether oxygens (including phenoxy) is 2. The SMILES string of the molecule is COC(=O)C1Cc2ccccc2CN1C(=O)c1cc(COc2ccccc2[N+](=O)[O-])cs1. The van der Waals surface area contributed by atoms with Gasteiger partial charge >= 0.3 is 11.7 Å². The zero-order valence-electron chi connectivity index (χ0n) is 17.2. The number of hydrogen-bond donors (Lipinski definition) is 0. The number of nitro benzene ring substituents is 1. The van der Waals surface area contributed by atoms with E-state index in [2.05, 4.69) is 0 Å². The number of para-hydroxylation sites is 2. The van der Waals surface area contributed by atoms with Crippen molar-refractivity contribution in [2.75, 3.05) is 7.11 Å². The molecule has 1 unspecified atom stereocenters. The van der Waals surface area contributed by atoms with Gasteiger partial charge < -0.3 is 14.4 Å². The van der Waals surface area contributed by atoms with Crippen LogP contribution in [0.1, 0.15) is 26.4 Å². The lowest BCUT2D eigenvalue weighted by Crippen LogP contribution is -2.49. The van der Waals surface area contributed by atoms with Gasteiger partial charge in [-0.15, -0.1) is 11.3 Å². The maximum absolute atomic E-state index is 13.3. The Morgan fingerprint density at radius 3 is 2.62 bits per heavy atom. The normalized spacial score (nSPS) is 15.0. The van der Waals surface area contributed by atoms with Crippen LogP contribution in [-0.2, 0) is 29.1 Å². The fraction of sp³-hybridized carbons (Fsp3) is 0.217. The first-order valence-corrected chi connectivity index (χ1v) is 10.7. The van der Waals surface area contributed by atoms with Gasteiger partial charge in [0.05, 0.1) is 16.9 Å². The lowest BCUT2D eigenvalue weighted by Gasteiger charge is -2.34. The quantitative estimate of drug-likeness (QED) is 0.319. The van der Waals surface area contributed by atoms with Crippen LogP contribution in [0.3, 0.4) is 0 Å². The van der Waals surface area contributed by atoms with Gasteiger partial charge in [0.15, 0.2) is 5.75 Å². The molecule has 0 spiro atoms. The van der Waals surface area contributed by atoms with Crippen molar-refractivity contribution in [3.8, 4) is 5.75 Å². The molecule has 0 N–H and O–H groups in total. The van der Waals surface area contributed by atoms with Gasteiger partial charge in [0.1, 0.15) is 12.6 Å². The summed E-state index contributed by atoms with van der Waals surface area (Å²) in [5.74, 6) is -0.559. The molecular weight excluding hydrogens is 432 g/mol. The summed E-state index contributed by atoms with van der Waals surface area (Å²) < 4.78 is 10.6. The molecule has 0 aliphatic carbocycles. The summed E-state index contributed by atoms with van der Waals surface area (Å²) in [6.07, 6.45) is 0.396. The Morgan fingerprint density at radius 2 is 1.88 bits per heavy atom. The molecule has 1 atom stereocenters. The van der Waals surface area contributed by atoms with Crippen LogP contribution in [0.15, 0.2) is 60.0 Å². The van der Waals surface area contributed by atoms with Gasteiger partial charge in [-0.25, -0.2) is 4.79 Å². The van der Waals surface area contributed by atoms with E-state index in [1.165, 1.54) is 35.5 Å². The number of methoxy groups -OCH3 is 1. The second-order valence-electron chi connectivity index (χ2n) is 7.28. The highest BCUT2D eigenvalue weighted by atomic mass is 32.1. The average Bonchev–Trinajstić information content (AvgIpc) is 3.30. The van der Waals surface area contributed by atoms with Gasteiger partial charge in [-0.3, -0.25) is 14.9 Å². The van der Waals surface area contributed by atoms with E-state index in [9.17, 15) is 19.7 Å². The standard InChI is InChI=1S/C23H20N2O6S/c1-30-23(27)19-11-16-6-2-3-7-17(16)12-24(19)22(26)21-10-15(14-32-21)13-31-20-9-5-4-8-18(20)25(28)29/h2-10,14,19H,11-13H2,1H3. The second kappa shape index (κ2) is 9.19. The van der Waals surface area contributed by atoms with Crippen molar-refractivity contribution in [1.82, 2.24) is 4.90 Å². The molecular formula is C23H20N2O6S. The number of carbonyl (C=O) groups is 2. The van der Waals surface area contributed by atoms with Crippen LogP contribution in [0.4, 0.5) is 5.69 Å². The van der Waals surface area contributed by atoms with Crippen LogP contribution in [0, 0.1) is 10.1 Å². The predicted molar refractivity (Wildman–Crippen MR) is 118 cm³/mol. The van der Waals surface area contributed by atoms with Crippen LogP contribution >= 0.6 is 11.3 Å². The molecule has 1 aliphatic heterocycles. The van der Waals surface area contributed by atoms with E-state index in [4.69, 9.17) is 9.47 Å².